The number of carbonyl (C=O) groups is 1. The maximum absolute atomic E-state index is 12.0. The van der Waals surface area contributed by atoms with Crippen molar-refractivity contribution in [1.82, 2.24) is 5.43 Å². The SMILES string of the molecule is COc1ccc(C(=O)N/N=C\c2ccc(C#N)cc2)cc1I. The van der Waals surface area contributed by atoms with Crippen molar-refractivity contribution in [1.29, 1.82) is 5.26 Å². The number of amides is 1. The van der Waals surface area contributed by atoms with Crippen molar-refractivity contribution >= 4 is 34.7 Å². The third-order valence-corrected chi connectivity index (χ3v) is 3.68. The number of nitriles is 1. The monoisotopic (exact) mass is 405 g/mol. The summed E-state index contributed by atoms with van der Waals surface area (Å²) in [4.78, 5) is 12.0. The molecule has 0 unspecified atom stereocenters. The normalized spacial score (nSPS) is 10.2. The summed E-state index contributed by atoms with van der Waals surface area (Å²) in [7, 11) is 1.58. The van der Waals surface area contributed by atoms with Gasteiger partial charge in [-0.05, 0) is 58.5 Å². The number of methoxy groups -OCH3 is 1. The second kappa shape index (κ2) is 7.56. The lowest BCUT2D eigenvalue weighted by Crippen LogP contribution is -2.17. The molecule has 6 heteroatoms. The molecule has 0 aromatic heterocycles. The molecule has 0 atom stereocenters. The lowest BCUT2D eigenvalue weighted by Gasteiger charge is -2.05. The summed E-state index contributed by atoms with van der Waals surface area (Å²) in [5.74, 6) is 0.420. The first-order valence-corrected chi connectivity index (χ1v) is 7.39. The van der Waals surface area contributed by atoms with Crippen molar-refractivity contribution in [2.45, 2.75) is 0 Å². The van der Waals surface area contributed by atoms with E-state index in [1.165, 1.54) is 6.21 Å². The maximum Gasteiger partial charge on any atom is 0.271 e. The standard InChI is InChI=1S/C16H12IN3O2/c1-22-15-7-6-13(8-14(15)17)16(21)20-19-10-12-4-2-11(9-18)3-5-12/h2-8,10H,1H3,(H,20,21)/b19-10-. The first kappa shape index (κ1) is 16.0. The number of ether oxygens (including phenoxy) is 1. The first-order valence-electron chi connectivity index (χ1n) is 6.31. The van der Waals surface area contributed by atoms with E-state index >= 15 is 0 Å². The van der Waals surface area contributed by atoms with Crippen LogP contribution in [0.1, 0.15) is 21.5 Å². The van der Waals surface area contributed by atoms with Gasteiger partial charge in [0.25, 0.3) is 5.91 Å². The molecule has 0 aliphatic carbocycles. The Bertz CT molecular complexity index is 749. The van der Waals surface area contributed by atoms with Crippen LogP contribution in [0.2, 0.25) is 0 Å². The van der Waals surface area contributed by atoms with Crippen molar-refractivity contribution in [3.05, 3.63) is 62.7 Å². The van der Waals surface area contributed by atoms with Gasteiger partial charge in [-0.3, -0.25) is 4.79 Å². The lowest BCUT2D eigenvalue weighted by atomic mass is 10.2. The summed E-state index contributed by atoms with van der Waals surface area (Å²) >= 11 is 2.10. The van der Waals surface area contributed by atoms with E-state index in [9.17, 15) is 4.79 Å². The summed E-state index contributed by atoms with van der Waals surface area (Å²) in [6.07, 6.45) is 1.52. The Hall–Kier alpha value is -2.40. The molecule has 5 nitrogen and oxygen atoms in total. The topological polar surface area (TPSA) is 74.5 Å². The molecule has 0 spiro atoms. The van der Waals surface area contributed by atoms with Crippen LogP contribution in [0.3, 0.4) is 0 Å². The zero-order valence-electron chi connectivity index (χ0n) is 11.7. The molecule has 0 saturated heterocycles. The van der Waals surface area contributed by atoms with Crippen molar-refractivity contribution in [3.8, 4) is 11.8 Å². The molecule has 0 aliphatic heterocycles. The van der Waals surface area contributed by atoms with E-state index in [2.05, 4.69) is 33.1 Å². The average molecular weight is 405 g/mol. The number of nitrogens with zero attached hydrogens (tertiary/aromatic N) is 2. The second-order valence-corrected chi connectivity index (χ2v) is 5.44. The lowest BCUT2D eigenvalue weighted by molar-refractivity contribution is 0.0955. The third-order valence-electron chi connectivity index (χ3n) is 2.83. The van der Waals surface area contributed by atoms with Gasteiger partial charge in [0.1, 0.15) is 5.75 Å². The Morgan fingerprint density at radius 1 is 1.32 bits per heavy atom. The van der Waals surface area contributed by atoms with Crippen molar-refractivity contribution in [3.63, 3.8) is 0 Å². The zero-order valence-corrected chi connectivity index (χ0v) is 13.9. The summed E-state index contributed by atoms with van der Waals surface area (Å²) in [6, 6.07) is 14.1. The fourth-order valence-corrected chi connectivity index (χ4v) is 2.42. The highest BCUT2D eigenvalue weighted by Gasteiger charge is 2.07. The molecule has 0 saturated carbocycles. The predicted octanol–water partition coefficient (Wildman–Crippen LogP) is 2.94. The molecule has 0 heterocycles. The Morgan fingerprint density at radius 3 is 2.64 bits per heavy atom. The van der Waals surface area contributed by atoms with Crippen LogP contribution in [0.25, 0.3) is 0 Å². The van der Waals surface area contributed by atoms with E-state index in [-0.39, 0.29) is 5.91 Å². The fraction of sp³-hybridized carbons (Fsp3) is 0.0625. The molecule has 22 heavy (non-hydrogen) atoms. The van der Waals surface area contributed by atoms with Crippen LogP contribution >= 0.6 is 22.6 Å². The van der Waals surface area contributed by atoms with Crippen molar-refractivity contribution in [2.75, 3.05) is 7.11 Å². The molecule has 110 valence electrons. The highest BCUT2D eigenvalue weighted by atomic mass is 127. The summed E-state index contributed by atoms with van der Waals surface area (Å²) in [5, 5.41) is 12.6. The van der Waals surface area contributed by atoms with E-state index in [1.54, 1.807) is 49.6 Å². The highest BCUT2D eigenvalue weighted by Crippen LogP contribution is 2.21. The Labute approximate surface area is 141 Å². The number of carbonyl (C=O) groups excluding carboxylic acids is 1. The number of hydrogen-bond acceptors (Lipinski definition) is 4. The van der Waals surface area contributed by atoms with Crippen LogP contribution in [0, 0.1) is 14.9 Å². The van der Waals surface area contributed by atoms with Crippen molar-refractivity contribution < 1.29 is 9.53 Å². The summed E-state index contributed by atoms with van der Waals surface area (Å²) in [5.41, 5.74) is 4.34. The van der Waals surface area contributed by atoms with E-state index in [1.807, 2.05) is 6.07 Å². The molecule has 2 aromatic rings. The van der Waals surface area contributed by atoms with Crippen molar-refractivity contribution in [2.24, 2.45) is 5.10 Å². The molecule has 2 rings (SSSR count). The average Bonchev–Trinajstić information content (AvgIpc) is 2.55. The van der Waals surface area contributed by atoms with Gasteiger partial charge in [0.05, 0.1) is 28.5 Å². The molecule has 1 amide bonds. The number of hydrazone groups is 1. The maximum atomic E-state index is 12.0. The Kier molecular flexibility index (Phi) is 5.49. The van der Waals surface area contributed by atoms with Gasteiger partial charge >= 0.3 is 0 Å². The Balaban J connectivity index is 2.01. The highest BCUT2D eigenvalue weighted by molar-refractivity contribution is 14.1. The molecule has 0 fully saturated rings. The number of benzene rings is 2. The summed E-state index contributed by atoms with van der Waals surface area (Å²) in [6.45, 7) is 0. The third kappa shape index (κ3) is 4.05. The molecule has 0 radical (unpaired) electrons. The quantitative estimate of drug-likeness (QED) is 0.483. The van der Waals surface area contributed by atoms with Gasteiger partial charge in [-0.25, -0.2) is 5.43 Å². The first-order chi connectivity index (χ1) is 10.6. The van der Waals surface area contributed by atoms with Gasteiger partial charge < -0.3 is 4.74 Å². The predicted molar refractivity (Wildman–Crippen MR) is 91.9 cm³/mol. The number of hydrogen-bond donors (Lipinski definition) is 1. The number of halogens is 1. The van der Waals surface area contributed by atoms with Gasteiger partial charge in [-0.15, -0.1) is 0 Å². The van der Waals surface area contributed by atoms with Crippen LogP contribution in [0.15, 0.2) is 47.6 Å². The van der Waals surface area contributed by atoms with E-state index in [0.29, 0.717) is 11.1 Å². The number of rotatable bonds is 4. The molecule has 1 N–H and O–H groups in total. The molecular formula is C16H12IN3O2. The molecular weight excluding hydrogens is 393 g/mol. The van der Waals surface area contributed by atoms with E-state index < -0.39 is 0 Å². The smallest absolute Gasteiger partial charge is 0.271 e. The molecule has 0 bridgehead atoms. The van der Waals surface area contributed by atoms with E-state index in [4.69, 9.17) is 10.00 Å². The molecule has 0 aliphatic rings. The van der Waals surface area contributed by atoms with Crippen LogP contribution in [-0.4, -0.2) is 19.2 Å². The number of nitrogens with one attached hydrogen (secondary N) is 1. The zero-order chi connectivity index (χ0) is 15.9. The minimum Gasteiger partial charge on any atom is -0.496 e. The minimum absolute atomic E-state index is 0.300. The van der Waals surface area contributed by atoms with Crippen LogP contribution in [0.5, 0.6) is 5.75 Å². The molecule has 2 aromatic carbocycles. The largest absolute Gasteiger partial charge is 0.496 e. The van der Waals surface area contributed by atoms with Gasteiger partial charge in [0.15, 0.2) is 0 Å². The minimum atomic E-state index is -0.300. The van der Waals surface area contributed by atoms with Gasteiger partial charge in [0, 0.05) is 5.56 Å². The van der Waals surface area contributed by atoms with Gasteiger partial charge in [0.2, 0.25) is 0 Å². The van der Waals surface area contributed by atoms with Gasteiger partial charge in [-0.1, -0.05) is 12.1 Å². The van der Waals surface area contributed by atoms with Crippen LogP contribution in [0.4, 0.5) is 0 Å². The van der Waals surface area contributed by atoms with Gasteiger partial charge in [-0.2, -0.15) is 10.4 Å². The van der Waals surface area contributed by atoms with E-state index in [0.717, 1.165) is 14.9 Å². The fourth-order valence-electron chi connectivity index (χ4n) is 1.68. The van der Waals surface area contributed by atoms with Crippen LogP contribution < -0.4 is 10.2 Å². The van der Waals surface area contributed by atoms with Crippen LogP contribution in [-0.2, 0) is 0 Å². The Morgan fingerprint density at radius 2 is 2.05 bits per heavy atom. The second-order valence-electron chi connectivity index (χ2n) is 4.28. The summed E-state index contributed by atoms with van der Waals surface area (Å²) < 4.78 is 6.00.